The van der Waals surface area contributed by atoms with Gasteiger partial charge in [0.1, 0.15) is 5.78 Å². The van der Waals surface area contributed by atoms with Crippen LogP contribution in [0.1, 0.15) is 18.4 Å². The third kappa shape index (κ3) is 2.70. The van der Waals surface area contributed by atoms with Crippen LogP contribution in [0.4, 0.5) is 0 Å². The molecular formula is C16H21NO. The minimum atomic E-state index is 0.336. The van der Waals surface area contributed by atoms with Crippen LogP contribution >= 0.6 is 0 Å². The summed E-state index contributed by atoms with van der Waals surface area (Å²) in [4.78, 5) is 14.2. The van der Waals surface area contributed by atoms with Gasteiger partial charge >= 0.3 is 0 Å². The molecule has 1 aromatic carbocycles. The van der Waals surface area contributed by atoms with Gasteiger partial charge in [0.2, 0.25) is 0 Å². The van der Waals surface area contributed by atoms with Gasteiger partial charge in [-0.15, -0.1) is 13.2 Å². The molecule has 2 bridgehead atoms. The second-order valence-corrected chi connectivity index (χ2v) is 5.05. The highest BCUT2D eigenvalue weighted by molar-refractivity contribution is 5.86. The summed E-state index contributed by atoms with van der Waals surface area (Å²) in [6.45, 7) is 8.95. The number of hydrogen-bond acceptors (Lipinski definition) is 2. The lowest BCUT2D eigenvalue weighted by Crippen LogP contribution is -2.41. The number of rotatable bonds is 2. The first kappa shape index (κ1) is 13.0. The van der Waals surface area contributed by atoms with Crippen molar-refractivity contribution in [3.8, 4) is 0 Å². The van der Waals surface area contributed by atoms with Crippen molar-refractivity contribution in [3.63, 3.8) is 0 Å². The van der Waals surface area contributed by atoms with Gasteiger partial charge in [0, 0.05) is 31.5 Å². The molecule has 96 valence electrons. The fraction of sp³-hybridized carbons (Fsp3) is 0.438. The van der Waals surface area contributed by atoms with Crippen LogP contribution in [0, 0.1) is 11.8 Å². The van der Waals surface area contributed by atoms with Crippen molar-refractivity contribution in [2.45, 2.75) is 19.4 Å². The summed E-state index contributed by atoms with van der Waals surface area (Å²) < 4.78 is 0. The van der Waals surface area contributed by atoms with Crippen molar-refractivity contribution in [3.05, 3.63) is 49.1 Å². The third-order valence-corrected chi connectivity index (χ3v) is 3.87. The second-order valence-electron chi connectivity index (χ2n) is 5.05. The topological polar surface area (TPSA) is 20.3 Å². The highest BCUT2D eigenvalue weighted by Gasteiger charge is 2.40. The number of carbonyl (C=O) groups excluding carboxylic acids is 1. The van der Waals surface area contributed by atoms with E-state index in [2.05, 4.69) is 42.3 Å². The highest BCUT2D eigenvalue weighted by atomic mass is 16.1. The minimum Gasteiger partial charge on any atom is -0.299 e. The maximum atomic E-state index is 11.8. The van der Waals surface area contributed by atoms with Gasteiger partial charge in [0.25, 0.3) is 0 Å². The van der Waals surface area contributed by atoms with Crippen LogP contribution in [0.5, 0.6) is 0 Å². The van der Waals surface area contributed by atoms with E-state index in [1.807, 2.05) is 6.07 Å². The molecule has 2 atom stereocenters. The molecule has 1 heterocycles. The summed E-state index contributed by atoms with van der Waals surface area (Å²) in [5.74, 6) is 1.20. The summed E-state index contributed by atoms with van der Waals surface area (Å²) >= 11 is 0. The number of likely N-dealkylation sites (tertiary alicyclic amines) is 1. The minimum absolute atomic E-state index is 0.336. The lowest BCUT2D eigenvalue weighted by molar-refractivity contribution is -0.127. The molecule has 1 saturated heterocycles. The van der Waals surface area contributed by atoms with Crippen LogP contribution in [-0.2, 0) is 11.3 Å². The lowest BCUT2D eigenvalue weighted by Gasteiger charge is -2.30. The molecular weight excluding hydrogens is 222 g/mol. The molecule has 0 spiro atoms. The number of carbonyl (C=O) groups is 1. The number of benzene rings is 1. The van der Waals surface area contributed by atoms with E-state index in [-0.39, 0.29) is 0 Å². The molecule has 1 aliphatic heterocycles. The van der Waals surface area contributed by atoms with Crippen molar-refractivity contribution in [1.29, 1.82) is 0 Å². The zero-order chi connectivity index (χ0) is 13.0. The van der Waals surface area contributed by atoms with Gasteiger partial charge in [-0.25, -0.2) is 0 Å². The Morgan fingerprint density at radius 2 is 1.61 bits per heavy atom. The maximum absolute atomic E-state index is 11.8. The van der Waals surface area contributed by atoms with Crippen LogP contribution in [0.15, 0.2) is 43.5 Å². The van der Waals surface area contributed by atoms with Gasteiger partial charge in [-0.2, -0.15) is 0 Å². The first-order valence-electron chi connectivity index (χ1n) is 6.63. The van der Waals surface area contributed by atoms with E-state index in [0.29, 0.717) is 17.6 Å². The Balaban J connectivity index is 0.000000574. The quantitative estimate of drug-likeness (QED) is 0.744. The average molecular weight is 243 g/mol. The Morgan fingerprint density at radius 1 is 1.06 bits per heavy atom. The molecule has 2 aliphatic rings. The highest BCUT2D eigenvalue weighted by Crippen LogP contribution is 2.33. The Labute approximate surface area is 109 Å². The molecule has 2 unspecified atom stereocenters. The van der Waals surface area contributed by atoms with E-state index >= 15 is 0 Å². The Bertz CT molecular complexity index is 385. The monoisotopic (exact) mass is 243 g/mol. The van der Waals surface area contributed by atoms with E-state index in [1.165, 1.54) is 5.56 Å². The van der Waals surface area contributed by atoms with E-state index in [1.54, 1.807) is 0 Å². The standard InChI is InChI=1S/C14H17NO.C2H4/c16-14-12-6-7-13(14)10-15(9-12)8-11-4-2-1-3-5-11;1-2/h1-5,12-13H,6-10H2;1-2H2. The molecule has 2 heteroatoms. The first-order chi connectivity index (χ1) is 8.83. The molecule has 0 aromatic heterocycles. The van der Waals surface area contributed by atoms with Crippen LogP contribution < -0.4 is 0 Å². The van der Waals surface area contributed by atoms with Crippen LogP contribution in [0.2, 0.25) is 0 Å². The van der Waals surface area contributed by atoms with E-state index < -0.39 is 0 Å². The number of nitrogens with zero attached hydrogens (tertiary/aromatic N) is 1. The predicted octanol–water partition coefficient (Wildman–Crippen LogP) is 2.90. The largest absolute Gasteiger partial charge is 0.299 e. The van der Waals surface area contributed by atoms with Crippen molar-refractivity contribution >= 4 is 5.78 Å². The summed E-state index contributed by atoms with van der Waals surface area (Å²) in [5.41, 5.74) is 1.36. The molecule has 3 rings (SSSR count). The van der Waals surface area contributed by atoms with Crippen molar-refractivity contribution < 1.29 is 4.79 Å². The molecule has 2 nitrogen and oxygen atoms in total. The van der Waals surface area contributed by atoms with E-state index in [0.717, 1.165) is 32.5 Å². The van der Waals surface area contributed by atoms with Gasteiger partial charge < -0.3 is 0 Å². The number of hydrogen-bond donors (Lipinski definition) is 0. The molecule has 0 radical (unpaired) electrons. The molecule has 1 saturated carbocycles. The fourth-order valence-electron chi connectivity index (χ4n) is 3.05. The molecule has 1 aromatic rings. The van der Waals surface area contributed by atoms with Gasteiger partial charge in [0.15, 0.2) is 0 Å². The number of fused-ring (bicyclic) bond motifs is 2. The van der Waals surface area contributed by atoms with Crippen LogP contribution in [0.3, 0.4) is 0 Å². The van der Waals surface area contributed by atoms with E-state index in [9.17, 15) is 4.79 Å². The van der Waals surface area contributed by atoms with Crippen molar-refractivity contribution in [2.75, 3.05) is 13.1 Å². The first-order valence-corrected chi connectivity index (χ1v) is 6.63. The fourth-order valence-corrected chi connectivity index (χ4v) is 3.05. The van der Waals surface area contributed by atoms with Gasteiger partial charge in [-0.3, -0.25) is 9.69 Å². The Kier molecular flexibility index (Phi) is 4.32. The van der Waals surface area contributed by atoms with Gasteiger partial charge in [-0.05, 0) is 18.4 Å². The average Bonchev–Trinajstić information content (AvgIpc) is 2.65. The van der Waals surface area contributed by atoms with E-state index in [4.69, 9.17) is 0 Å². The zero-order valence-corrected chi connectivity index (χ0v) is 10.8. The summed E-state index contributed by atoms with van der Waals surface area (Å²) in [7, 11) is 0. The summed E-state index contributed by atoms with van der Waals surface area (Å²) in [5, 5.41) is 0. The summed E-state index contributed by atoms with van der Waals surface area (Å²) in [6, 6.07) is 10.5. The smallest absolute Gasteiger partial charge is 0.141 e. The molecule has 1 aliphatic carbocycles. The Hall–Kier alpha value is -1.41. The SMILES string of the molecule is C=C.O=C1C2CCC1CN(Cc1ccccc1)C2. The van der Waals surface area contributed by atoms with Gasteiger partial charge in [0.05, 0.1) is 0 Å². The molecule has 2 fully saturated rings. The number of ketones is 1. The maximum Gasteiger partial charge on any atom is 0.141 e. The number of piperidine rings is 1. The second kappa shape index (κ2) is 5.96. The number of Topliss-reactive ketones (excluding diaryl/α,β-unsaturated/α-hetero) is 1. The van der Waals surface area contributed by atoms with Crippen molar-refractivity contribution in [2.24, 2.45) is 11.8 Å². The molecule has 18 heavy (non-hydrogen) atoms. The molecule has 0 amide bonds. The van der Waals surface area contributed by atoms with Crippen LogP contribution in [-0.4, -0.2) is 23.8 Å². The Morgan fingerprint density at radius 3 is 2.17 bits per heavy atom. The van der Waals surface area contributed by atoms with Crippen molar-refractivity contribution in [1.82, 2.24) is 4.90 Å². The van der Waals surface area contributed by atoms with Crippen LogP contribution in [0.25, 0.3) is 0 Å². The zero-order valence-electron chi connectivity index (χ0n) is 10.8. The molecule has 0 N–H and O–H groups in total. The lowest BCUT2D eigenvalue weighted by atomic mass is 9.96. The normalized spacial score (nSPS) is 26.6. The summed E-state index contributed by atoms with van der Waals surface area (Å²) in [6.07, 6.45) is 2.24. The van der Waals surface area contributed by atoms with Gasteiger partial charge in [-0.1, -0.05) is 30.3 Å². The predicted molar refractivity (Wildman–Crippen MR) is 74.2 cm³/mol. The third-order valence-electron chi connectivity index (χ3n) is 3.87.